The number of carboxylic acids is 1. The van der Waals surface area contributed by atoms with E-state index in [-0.39, 0.29) is 27.7 Å². The van der Waals surface area contributed by atoms with Crippen LogP contribution in [-0.4, -0.2) is 27.2 Å². The Morgan fingerprint density at radius 3 is 2.61 bits per heavy atom. The molecular weight excluding hydrogens is 463 g/mol. The van der Waals surface area contributed by atoms with E-state index in [1.54, 1.807) is 0 Å². The molecule has 0 bridgehead atoms. The molecule has 12 heteroatoms. The highest BCUT2D eigenvalue weighted by Crippen LogP contribution is 2.44. The summed E-state index contributed by atoms with van der Waals surface area (Å²) in [5.74, 6) is -4.12. The van der Waals surface area contributed by atoms with Crippen LogP contribution in [0.3, 0.4) is 0 Å². The van der Waals surface area contributed by atoms with Gasteiger partial charge in [0.05, 0.1) is 34.2 Å². The quantitative estimate of drug-likeness (QED) is 0.535. The summed E-state index contributed by atoms with van der Waals surface area (Å²) >= 11 is 1.75. The SMILES string of the molecule is O=C(O)CC1Sc2cc(C(F)(F)F)ccc2N(Cc2nc3c(F)c(F)ccc3s2)C1=O. The van der Waals surface area contributed by atoms with Gasteiger partial charge in [0, 0.05) is 4.90 Å². The Bertz CT molecular complexity index is 1210. The van der Waals surface area contributed by atoms with Crippen molar-refractivity contribution < 1.29 is 36.6 Å². The highest BCUT2D eigenvalue weighted by Gasteiger charge is 2.38. The van der Waals surface area contributed by atoms with Gasteiger partial charge >= 0.3 is 12.1 Å². The first-order valence-corrected chi connectivity index (χ1v) is 10.4. The van der Waals surface area contributed by atoms with Gasteiger partial charge in [-0.15, -0.1) is 23.1 Å². The summed E-state index contributed by atoms with van der Waals surface area (Å²) in [6.45, 7) is -0.228. The molecule has 1 aromatic heterocycles. The van der Waals surface area contributed by atoms with Gasteiger partial charge in [-0.3, -0.25) is 9.59 Å². The number of hydrogen-bond donors (Lipinski definition) is 1. The molecular formula is C19H11F5N2O3S2. The summed E-state index contributed by atoms with van der Waals surface area (Å²) in [5.41, 5.74) is -0.983. The second-order valence-electron chi connectivity index (χ2n) is 6.62. The summed E-state index contributed by atoms with van der Waals surface area (Å²) in [6.07, 6.45) is -5.20. The van der Waals surface area contributed by atoms with Crippen molar-refractivity contribution in [1.82, 2.24) is 4.98 Å². The number of anilines is 1. The van der Waals surface area contributed by atoms with E-state index in [0.717, 1.165) is 52.3 Å². The van der Waals surface area contributed by atoms with Crippen LogP contribution in [0.1, 0.15) is 17.0 Å². The van der Waals surface area contributed by atoms with Crippen molar-refractivity contribution in [3.8, 4) is 0 Å². The lowest BCUT2D eigenvalue weighted by Gasteiger charge is -2.33. The maximum atomic E-state index is 14.0. The summed E-state index contributed by atoms with van der Waals surface area (Å²) < 4.78 is 67.1. The molecule has 1 atom stereocenters. The van der Waals surface area contributed by atoms with Crippen LogP contribution < -0.4 is 4.90 Å². The van der Waals surface area contributed by atoms with Crippen LogP contribution >= 0.6 is 23.1 Å². The minimum absolute atomic E-state index is 0.0963. The molecule has 0 radical (unpaired) electrons. The molecule has 1 N–H and O–H groups in total. The Labute approximate surface area is 179 Å². The summed E-state index contributed by atoms with van der Waals surface area (Å²) in [7, 11) is 0. The number of carbonyl (C=O) groups excluding carboxylic acids is 1. The number of amides is 1. The van der Waals surface area contributed by atoms with Crippen molar-refractivity contribution in [2.45, 2.75) is 29.3 Å². The van der Waals surface area contributed by atoms with Crippen LogP contribution in [0.4, 0.5) is 27.6 Å². The van der Waals surface area contributed by atoms with Gasteiger partial charge in [0.25, 0.3) is 0 Å². The van der Waals surface area contributed by atoms with E-state index in [4.69, 9.17) is 5.11 Å². The van der Waals surface area contributed by atoms with Crippen LogP contribution in [0.25, 0.3) is 10.2 Å². The molecule has 5 nitrogen and oxygen atoms in total. The summed E-state index contributed by atoms with van der Waals surface area (Å²) in [6, 6.07) is 5.10. The lowest BCUT2D eigenvalue weighted by Crippen LogP contribution is -2.41. The number of aliphatic carboxylic acids is 1. The van der Waals surface area contributed by atoms with E-state index in [2.05, 4.69) is 4.98 Å². The average molecular weight is 474 g/mol. The number of rotatable bonds is 4. The molecule has 0 saturated carbocycles. The highest BCUT2D eigenvalue weighted by atomic mass is 32.2. The van der Waals surface area contributed by atoms with Crippen LogP contribution in [0.2, 0.25) is 0 Å². The minimum atomic E-state index is -4.61. The monoisotopic (exact) mass is 474 g/mol. The van der Waals surface area contributed by atoms with Gasteiger partial charge in [-0.1, -0.05) is 0 Å². The Kier molecular flexibility index (Phi) is 5.38. The van der Waals surface area contributed by atoms with Crippen molar-refractivity contribution in [3.63, 3.8) is 0 Å². The lowest BCUT2D eigenvalue weighted by molar-refractivity contribution is -0.139. The number of thiazole rings is 1. The van der Waals surface area contributed by atoms with Crippen LogP contribution in [-0.2, 0) is 22.3 Å². The zero-order valence-electron chi connectivity index (χ0n) is 15.2. The number of halogens is 5. The normalized spacial score (nSPS) is 16.6. The molecule has 4 rings (SSSR count). The maximum absolute atomic E-state index is 14.0. The summed E-state index contributed by atoms with van der Waals surface area (Å²) in [5, 5.41) is 8.17. The Hall–Kier alpha value is -2.73. The predicted octanol–water partition coefficient (Wildman–Crippen LogP) is 5.08. The number of carboxylic acid groups (broad SMARTS) is 1. The van der Waals surface area contributed by atoms with E-state index >= 15 is 0 Å². The number of fused-ring (bicyclic) bond motifs is 2. The second kappa shape index (κ2) is 7.75. The Morgan fingerprint density at radius 1 is 1.19 bits per heavy atom. The predicted molar refractivity (Wildman–Crippen MR) is 104 cm³/mol. The van der Waals surface area contributed by atoms with Gasteiger partial charge in [-0.05, 0) is 30.3 Å². The van der Waals surface area contributed by atoms with E-state index in [1.165, 1.54) is 6.07 Å². The third-order valence-electron chi connectivity index (χ3n) is 4.54. The number of carbonyl (C=O) groups is 2. The number of hydrogen-bond acceptors (Lipinski definition) is 5. The molecule has 0 aliphatic carbocycles. The van der Waals surface area contributed by atoms with Crippen LogP contribution in [0.5, 0.6) is 0 Å². The van der Waals surface area contributed by atoms with Gasteiger partial charge in [-0.2, -0.15) is 13.2 Å². The first-order valence-electron chi connectivity index (χ1n) is 8.69. The fourth-order valence-corrected chi connectivity index (χ4v) is 5.35. The molecule has 3 aromatic rings. The number of thioether (sulfide) groups is 1. The van der Waals surface area contributed by atoms with E-state index in [9.17, 15) is 31.5 Å². The van der Waals surface area contributed by atoms with Gasteiger partial charge in [-0.25, -0.2) is 13.8 Å². The molecule has 1 aliphatic heterocycles. The zero-order chi connectivity index (χ0) is 22.5. The maximum Gasteiger partial charge on any atom is 0.416 e. The van der Waals surface area contributed by atoms with Crippen molar-refractivity contribution in [3.05, 3.63) is 52.5 Å². The molecule has 1 amide bonds. The van der Waals surface area contributed by atoms with Gasteiger partial charge in [0.2, 0.25) is 5.91 Å². The highest BCUT2D eigenvalue weighted by molar-refractivity contribution is 8.01. The Morgan fingerprint density at radius 2 is 1.94 bits per heavy atom. The largest absolute Gasteiger partial charge is 0.481 e. The van der Waals surface area contributed by atoms with Crippen LogP contribution in [0.15, 0.2) is 35.2 Å². The molecule has 0 fully saturated rings. The topological polar surface area (TPSA) is 70.5 Å². The fourth-order valence-electron chi connectivity index (χ4n) is 3.14. The van der Waals surface area contributed by atoms with E-state index in [1.807, 2.05) is 0 Å². The lowest BCUT2D eigenvalue weighted by atomic mass is 10.1. The molecule has 1 aliphatic rings. The van der Waals surface area contributed by atoms with Crippen molar-refractivity contribution >= 4 is 50.9 Å². The fraction of sp³-hybridized carbons (Fsp3) is 0.211. The smallest absolute Gasteiger partial charge is 0.416 e. The molecule has 2 heterocycles. The van der Waals surface area contributed by atoms with Crippen molar-refractivity contribution in [2.24, 2.45) is 0 Å². The average Bonchev–Trinajstić information content (AvgIpc) is 3.10. The molecule has 1 unspecified atom stereocenters. The first kappa shape index (κ1) is 21.5. The van der Waals surface area contributed by atoms with Crippen molar-refractivity contribution in [2.75, 3.05) is 4.90 Å². The van der Waals surface area contributed by atoms with Gasteiger partial charge < -0.3 is 10.0 Å². The van der Waals surface area contributed by atoms with Gasteiger partial charge in [0.15, 0.2) is 11.6 Å². The zero-order valence-corrected chi connectivity index (χ0v) is 16.9. The minimum Gasteiger partial charge on any atom is -0.481 e. The molecule has 162 valence electrons. The van der Waals surface area contributed by atoms with Crippen molar-refractivity contribution in [1.29, 1.82) is 0 Å². The number of benzene rings is 2. The third-order valence-corrected chi connectivity index (χ3v) is 6.78. The Balaban J connectivity index is 1.76. The third kappa shape index (κ3) is 4.09. The molecule has 2 aromatic carbocycles. The van der Waals surface area contributed by atoms with Crippen LogP contribution in [0, 0.1) is 11.6 Å². The van der Waals surface area contributed by atoms with E-state index in [0.29, 0.717) is 4.70 Å². The summed E-state index contributed by atoms with van der Waals surface area (Å²) in [4.78, 5) is 29.3. The molecule has 31 heavy (non-hydrogen) atoms. The standard InChI is InChI=1S/C19H11F5N2O3S2/c20-9-2-4-11-17(16(9)21)25-14(31-11)7-26-10-3-1-8(19(22,23)24)5-12(10)30-13(18(26)29)6-15(27)28/h1-5,13H,6-7H2,(H,27,28). The van der Waals surface area contributed by atoms with E-state index < -0.39 is 46.9 Å². The first-order chi connectivity index (χ1) is 14.5. The molecule has 0 saturated heterocycles. The van der Waals surface area contributed by atoms with Gasteiger partial charge in [0.1, 0.15) is 10.5 Å². The second-order valence-corrected chi connectivity index (χ2v) is 8.98. The number of aromatic nitrogens is 1. The number of nitrogens with zero attached hydrogens (tertiary/aromatic N) is 2. The number of alkyl halides is 3. The molecule has 0 spiro atoms.